The Hall–Kier alpha value is -2.57. The second-order valence-corrected chi connectivity index (χ2v) is 7.05. The van der Waals surface area contributed by atoms with E-state index in [0.29, 0.717) is 0 Å². The molecule has 1 saturated carbocycles. The van der Waals surface area contributed by atoms with Gasteiger partial charge in [0.05, 0.1) is 0 Å². The topological polar surface area (TPSA) is 95.9 Å². The molecule has 0 aromatic heterocycles. The van der Waals surface area contributed by atoms with E-state index in [2.05, 4.69) is 5.32 Å². The van der Waals surface area contributed by atoms with E-state index in [1.807, 2.05) is 30.3 Å². The number of carbonyl (C=O) groups is 3. The Balaban J connectivity index is 1.89. The van der Waals surface area contributed by atoms with Crippen molar-refractivity contribution in [3.05, 3.63) is 35.9 Å². The largest absolute Gasteiger partial charge is 0.480 e. The van der Waals surface area contributed by atoms with Crippen LogP contribution in [0.1, 0.15) is 44.6 Å². The number of aliphatic carboxylic acids is 1. The number of carbonyl (C=O) groups excluding carboxylic acids is 2. The lowest BCUT2D eigenvalue weighted by Gasteiger charge is -2.30. The third-order valence-corrected chi connectivity index (χ3v) is 5.14. The fourth-order valence-corrected chi connectivity index (χ4v) is 3.28. The highest BCUT2D eigenvalue weighted by atomic mass is 16.6. The molecule has 0 bridgehead atoms. The molecule has 2 N–H and O–H groups in total. The highest BCUT2D eigenvalue weighted by Gasteiger charge is 2.33. The van der Waals surface area contributed by atoms with Gasteiger partial charge in [0, 0.05) is 7.05 Å². The molecule has 1 aliphatic carbocycles. The number of nitrogens with zero attached hydrogens (tertiary/aromatic N) is 1. The molecule has 148 valence electrons. The maximum absolute atomic E-state index is 12.5. The highest BCUT2D eigenvalue weighted by molar-refractivity contribution is 5.89. The number of hydrogen-bond donors (Lipinski definition) is 2. The van der Waals surface area contributed by atoms with Crippen molar-refractivity contribution in [1.82, 2.24) is 10.2 Å². The van der Waals surface area contributed by atoms with Crippen LogP contribution in [0.4, 0.5) is 4.79 Å². The Bertz CT molecular complexity index is 643. The molecule has 0 saturated heterocycles. The smallest absolute Gasteiger partial charge is 0.410 e. The molecule has 1 aromatic rings. The number of nitrogens with one attached hydrogen (secondary N) is 1. The molecule has 2 atom stereocenters. The number of amides is 2. The third-order valence-electron chi connectivity index (χ3n) is 5.14. The number of rotatable bonds is 7. The Morgan fingerprint density at radius 2 is 1.81 bits per heavy atom. The number of carboxylic acid groups (broad SMARTS) is 1. The fraction of sp³-hybridized carbons (Fsp3) is 0.550. The standard InChI is InChI=1S/C20H28N2O5/c1-14(22(2)20(26)27-13-15-9-5-3-6-10-15)18(23)21-17(19(24)25)16-11-7-4-8-12-16/h3,5-6,9-10,14,16-17H,4,7-8,11-13H2,1-2H3,(H,21,23)(H,24,25)/t14-,17?/m0/s1. The van der Waals surface area contributed by atoms with Crippen LogP contribution >= 0.6 is 0 Å². The average molecular weight is 376 g/mol. The lowest BCUT2D eigenvalue weighted by atomic mass is 9.84. The predicted octanol–water partition coefficient (Wildman–Crippen LogP) is 2.79. The van der Waals surface area contributed by atoms with Crippen molar-refractivity contribution in [2.45, 2.75) is 57.7 Å². The van der Waals surface area contributed by atoms with E-state index in [0.717, 1.165) is 37.7 Å². The summed E-state index contributed by atoms with van der Waals surface area (Å²) in [5.41, 5.74) is 0.847. The summed E-state index contributed by atoms with van der Waals surface area (Å²) in [5, 5.41) is 12.1. The molecule has 7 nitrogen and oxygen atoms in total. The number of ether oxygens (including phenoxy) is 1. The second-order valence-electron chi connectivity index (χ2n) is 7.05. The first-order valence-electron chi connectivity index (χ1n) is 9.37. The van der Waals surface area contributed by atoms with Crippen LogP contribution in [0, 0.1) is 5.92 Å². The molecule has 0 aliphatic heterocycles. The first kappa shape index (κ1) is 20.7. The molecule has 1 aromatic carbocycles. The maximum Gasteiger partial charge on any atom is 0.410 e. The van der Waals surface area contributed by atoms with E-state index in [1.165, 1.54) is 11.9 Å². The zero-order chi connectivity index (χ0) is 19.8. The average Bonchev–Trinajstić information content (AvgIpc) is 2.70. The minimum absolute atomic E-state index is 0.0669. The van der Waals surface area contributed by atoms with Crippen LogP contribution in [0.25, 0.3) is 0 Å². The van der Waals surface area contributed by atoms with Crippen molar-refractivity contribution >= 4 is 18.0 Å². The Labute approximate surface area is 159 Å². The molecule has 1 fully saturated rings. The summed E-state index contributed by atoms with van der Waals surface area (Å²) >= 11 is 0. The van der Waals surface area contributed by atoms with Gasteiger partial charge in [0.15, 0.2) is 0 Å². The summed E-state index contributed by atoms with van der Waals surface area (Å²) in [5.74, 6) is -1.59. The molecule has 7 heteroatoms. The molecule has 1 unspecified atom stereocenters. The summed E-state index contributed by atoms with van der Waals surface area (Å²) in [6.45, 7) is 1.66. The molecule has 2 rings (SSSR count). The first-order chi connectivity index (χ1) is 12.9. The molecule has 2 amide bonds. The van der Waals surface area contributed by atoms with Gasteiger partial charge in [-0.05, 0) is 31.2 Å². The SMILES string of the molecule is C[C@@H](C(=O)NC(C(=O)O)C1CCCCC1)N(C)C(=O)OCc1ccccc1. The van der Waals surface area contributed by atoms with Crippen LogP contribution in [0.3, 0.4) is 0 Å². The van der Waals surface area contributed by atoms with Gasteiger partial charge in [0.25, 0.3) is 0 Å². The zero-order valence-corrected chi connectivity index (χ0v) is 15.9. The normalized spacial score (nSPS) is 16.8. The number of hydrogen-bond acceptors (Lipinski definition) is 4. The van der Waals surface area contributed by atoms with Crippen molar-refractivity contribution < 1.29 is 24.2 Å². The van der Waals surface area contributed by atoms with Crippen LogP contribution < -0.4 is 5.32 Å². The van der Waals surface area contributed by atoms with Crippen LogP contribution in [0.15, 0.2) is 30.3 Å². The molecular weight excluding hydrogens is 348 g/mol. The van der Waals surface area contributed by atoms with Crippen molar-refractivity contribution in [1.29, 1.82) is 0 Å². The number of likely N-dealkylation sites (N-methyl/N-ethyl adjacent to an activating group) is 1. The van der Waals surface area contributed by atoms with Gasteiger partial charge in [-0.1, -0.05) is 49.6 Å². The maximum atomic E-state index is 12.5. The van der Waals surface area contributed by atoms with E-state index in [9.17, 15) is 19.5 Å². The molecule has 0 spiro atoms. The number of benzene rings is 1. The Morgan fingerprint density at radius 1 is 1.19 bits per heavy atom. The van der Waals surface area contributed by atoms with Crippen molar-refractivity contribution in [2.75, 3.05) is 7.05 Å². The molecule has 1 aliphatic rings. The summed E-state index contributed by atoms with van der Waals surface area (Å²) in [6, 6.07) is 7.48. The van der Waals surface area contributed by atoms with E-state index >= 15 is 0 Å². The van der Waals surface area contributed by atoms with E-state index in [1.54, 1.807) is 6.92 Å². The zero-order valence-electron chi connectivity index (χ0n) is 15.9. The molecule has 0 radical (unpaired) electrons. The van der Waals surface area contributed by atoms with Crippen molar-refractivity contribution in [3.8, 4) is 0 Å². The molecule has 0 heterocycles. The Kier molecular flexibility index (Phi) is 7.64. The van der Waals surface area contributed by atoms with Crippen LogP contribution in [-0.2, 0) is 20.9 Å². The van der Waals surface area contributed by atoms with Gasteiger partial charge in [-0.2, -0.15) is 0 Å². The number of carboxylic acids is 1. The highest BCUT2D eigenvalue weighted by Crippen LogP contribution is 2.26. The second kappa shape index (κ2) is 9.94. The van der Waals surface area contributed by atoms with E-state index in [4.69, 9.17) is 4.74 Å². The fourth-order valence-electron chi connectivity index (χ4n) is 3.28. The van der Waals surface area contributed by atoms with Gasteiger partial charge in [0.2, 0.25) is 5.91 Å². The van der Waals surface area contributed by atoms with Crippen LogP contribution in [-0.4, -0.2) is 47.1 Å². The van der Waals surface area contributed by atoms with E-state index < -0.39 is 30.1 Å². The van der Waals surface area contributed by atoms with Crippen LogP contribution in [0.5, 0.6) is 0 Å². The summed E-state index contributed by atoms with van der Waals surface area (Å²) < 4.78 is 5.22. The summed E-state index contributed by atoms with van der Waals surface area (Å²) in [4.78, 5) is 37.5. The molecular formula is C20H28N2O5. The van der Waals surface area contributed by atoms with E-state index in [-0.39, 0.29) is 12.5 Å². The predicted molar refractivity (Wildman–Crippen MR) is 100.0 cm³/mol. The van der Waals surface area contributed by atoms with Gasteiger partial charge in [0.1, 0.15) is 18.7 Å². The monoisotopic (exact) mass is 376 g/mol. The quantitative estimate of drug-likeness (QED) is 0.763. The van der Waals surface area contributed by atoms with Gasteiger partial charge < -0.3 is 15.2 Å². The van der Waals surface area contributed by atoms with Gasteiger partial charge in [-0.3, -0.25) is 9.69 Å². The van der Waals surface area contributed by atoms with Crippen molar-refractivity contribution in [3.63, 3.8) is 0 Å². The van der Waals surface area contributed by atoms with Gasteiger partial charge in [-0.25, -0.2) is 9.59 Å². The first-order valence-corrected chi connectivity index (χ1v) is 9.37. The lowest BCUT2D eigenvalue weighted by Crippen LogP contribution is -2.53. The summed E-state index contributed by atoms with van der Waals surface area (Å²) in [6.07, 6.45) is 4.01. The molecule has 27 heavy (non-hydrogen) atoms. The third kappa shape index (κ3) is 5.98. The summed E-state index contributed by atoms with van der Waals surface area (Å²) in [7, 11) is 1.47. The van der Waals surface area contributed by atoms with Crippen LogP contribution in [0.2, 0.25) is 0 Å². The van der Waals surface area contributed by atoms with Gasteiger partial charge >= 0.3 is 12.1 Å². The lowest BCUT2D eigenvalue weighted by molar-refractivity contribution is -0.144. The minimum Gasteiger partial charge on any atom is -0.480 e. The minimum atomic E-state index is -1.03. The Morgan fingerprint density at radius 3 is 2.41 bits per heavy atom. The van der Waals surface area contributed by atoms with Crippen molar-refractivity contribution in [2.24, 2.45) is 5.92 Å². The van der Waals surface area contributed by atoms with Gasteiger partial charge in [-0.15, -0.1) is 0 Å².